The highest BCUT2D eigenvalue weighted by Gasteiger charge is 2.03. The van der Waals surface area contributed by atoms with E-state index in [0.717, 1.165) is 33.0 Å². The number of fused-ring (bicyclic) bond motifs is 1. The van der Waals surface area contributed by atoms with Crippen LogP contribution in [0.1, 0.15) is 28.3 Å². The van der Waals surface area contributed by atoms with E-state index < -0.39 is 0 Å². The van der Waals surface area contributed by atoms with Crippen molar-refractivity contribution >= 4 is 28.8 Å². The molecule has 0 saturated carbocycles. The Balaban J connectivity index is 1.81. The van der Waals surface area contributed by atoms with Crippen molar-refractivity contribution in [3.63, 3.8) is 0 Å². The zero-order valence-electron chi connectivity index (χ0n) is 13.8. The first-order chi connectivity index (χ1) is 12.1. The molecule has 0 aliphatic heterocycles. The number of nitrogens with two attached hydrogens (primary N) is 2. The molecule has 0 radical (unpaired) electrons. The summed E-state index contributed by atoms with van der Waals surface area (Å²) in [5.74, 6) is 0.0789. The van der Waals surface area contributed by atoms with Gasteiger partial charge in [0.05, 0.1) is 12.6 Å². The summed E-state index contributed by atoms with van der Waals surface area (Å²) < 4.78 is 0. The average Bonchev–Trinajstić information content (AvgIpc) is 2.65. The molecule has 25 heavy (non-hydrogen) atoms. The van der Waals surface area contributed by atoms with Crippen LogP contribution in [0.25, 0.3) is 22.9 Å². The van der Waals surface area contributed by atoms with Crippen molar-refractivity contribution in [1.82, 2.24) is 0 Å². The van der Waals surface area contributed by atoms with Crippen molar-refractivity contribution < 1.29 is 5.11 Å². The summed E-state index contributed by atoms with van der Waals surface area (Å²) in [5.41, 5.74) is 15.2. The fraction of sp³-hybridized carbons (Fsp3) is 0.0952. The first kappa shape index (κ1) is 16.9. The van der Waals surface area contributed by atoms with E-state index in [1.54, 1.807) is 0 Å². The van der Waals surface area contributed by atoms with Crippen molar-refractivity contribution in [3.8, 4) is 0 Å². The van der Waals surface area contributed by atoms with Gasteiger partial charge in [-0.3, -0.25) is 5.41 Å². The molecule has 3 aromatic rings. The van der Waals surface area contributed by atoms with E-state index in [-0.39, 0.29) is 18.5 Å². The summed E-state index contributed by atoms with van der Waals surface area (Å²) in [6.07, 6.45) is 4.10. The zero-order valence-corrected chi connectivity index (χ0v) is 13.8. The summed E-state index contributed by atoms with van der Waals surface area (Å²) >= 11 is 0. The molecule has 0 saturated heterocycles. The Morgan fingerprint density at radius 2 is 1.52 bits per heavy atom. The maximum Gasteiger partial charge on any atom is 0.122 e. The van der Waals surface area contributed by atoms with Gasteiger partial charge in [0.25, 0.3) is 0 Å². The van der Waals surface area contributed by atoms with Crippen LogP contribution in [0.4, 0.5) is 0 Å². The maximum atomic E-state index is 9.09. The van der Waals surface area contributed by atoms with Crippen LogP contribution >= 0.6 is 0 Å². The van der Waals surface area contributed by atoms with Gasteiger partial charge in [0.2, 0.25) is 0 Å². The Morgan fingerprint density at radius 1 is 0.920 bits per heavy atom. The summed E-state index contributed by atoms with van der Waals surface area (Å²) in [5, 5.41) is 18.8. The molecule has 0 unspecified atom stereocenters. The monoisotopic (exact) mass is 331 g/mol. The van der Waals surface area contributed by atoms with E-state index in [4.69, 9.17) is 22.0 Å². The largest absolute Gasteiger partial charge is 0.394 e. The second kappa shape index (κ2) is 7.30. The molecule has 0 heterocycles. The van der Waals surface area contributed by atoms with E-state index in [1.807, 2.05) is 60.7 Å². The van der Waals surface area contributed by atoms with Gasteiger partial charge in [0.15, 0.2) is 0 Å². The lowest BCUT2D eigenvalue weighted by molar-refractivity contribution is 0.268. The van der Waals surface area contributed by atoms with E-state index in [1.165, 1.54) is 0 Å². The van der Waals surface area contributed by atoms with E-state index in [9.17, 15) is 0 Å². The number of hydrogen-bond acceptors (Lipinski definition) is 3. The van der Waals surface area contributed by atoms with Crippen LogP contribution in [0, 0.1) is 5.41 Å². The minimum absolute atomic E-state index is 0.0579. The molecule has 0 aromatic heterocycles. The maximum absolute atomic E-state index is 9.09. The molecule has 0 spiro atoms. The Labute approximate surface area is 146 Å². The van der Waals surface area contributed by atoms with Crippen LogP contribution in [-0.2, 0) is 0 Å². The number of aliphatic hydroxyl groups is 1. The highest BCUT2D eigenvalue weighted by atomic mass is 16.3. The molecule has 0 aliphatic carbocycles. The van der Waals surface area contributed by atoms with Gasteiger partial charge in [-0.05, 0) is 39.6 Å². The quantitative estimate of drug-likeness (QED) is 0.328. The number of amidine groups is 1. The second-order valence-corrected chi connectivity index (χ2v) is 6.02. The molecule has 6 N–H and O–H groups in total. The topological polar surface area (TPSA) is 96.1 Å². The molecule has 1 atom stereocenters. The number of benzene rings is 3. The van der Waals surface area contributed by atoms with Gasteiger partial charge in [-0.1, -0.05) is 60.7 Å². The van der Waals surface area contributed by atoms with Gasteiger partial charge in [-0.25, -0.2) is 0 Å². The molecule has 126 valence electrons. The van der Waals surface area contributed by atoms with Gasteiger partial charge >= 0.3 is 0 Å². The SMILES string of the molecule is N=C(N)c1ccc2cc(C=Cc3ccc([C@@H](N)CO)cc3)ccc2c1. The van der Waals surface area contributed by atoms with Crippen molar-refractivity contribution in [2.75, 3.05) is 6.61 Å². The first-order valence-corrected chi connectivity index (χ1v) is 8.09. The fourth-order valence-electron chi connectivity index (χ4n) is 2.69. The van der Waals surface area contributed by atoms with Crippen LogP contribution < -0.4 is 11.5 Å². The van der Waals surface area contributed by atoms with Gasteiger partial charge < -0.3 is 16.6 Å². The smallest absolute Gasteiger partial charge is 0.122 e. The van der Waals surface area contributed by atoms with Gasteiger partial charge in [0.1, 0.15) is 5.84 Å². The number of nitrogen functional groups attached to an aromatic ring is 1. The number of nitrogens with one attached hydrogen (secondary N) is 1. The average molecular weight is 331 g/mol. The predicted molar refractivity (Wildman–Crippen MR) is 104 cm³/mol. The molecular formula is C21H21N3O. The minimum atomic E-state index is -0.335. The van der Waals surface area contributed by atoms with E-state index in [2.05, 4.69) is 12.1 Å². The predicted octanol–water partition coefficient (Wildman–Crippen LogP) is 3.29. The van der Waals surface area contributed by atoms with Crippen molar-refractivity contribution in [1.29, 1.82) is 5.41 Å². The number of rotatable bonds is 5. The highest BCUT2D eigenvalue weighted by Crippen LogP contribution is 2.20. The molecule has 0 amide bonds. The summed E-state index contributed by atoms with van der Waals surface area (Å²) in [6, 6.07) is 19.5. The fourth-order valence-corrected chi connectivity index (χ4v) is 2.69. The van der Waals surface area contributed by atoms with Gasteiger partial charge in [-0.15, -0.1) is 0 Å². The molecule has 0 aliphatic rings. The molecule has 0 fully saturated rings. The van der Waals surface area contributed by atoms with Gasteiger partial charge in [0, 0.05) is 5.56 Å². The van der Waals surface area contributed by atoms with E-state index >= 15 is 0 Å². The Bertz CT molecular complexity index is 930. The first-order valence-electron chi connectivity index (χ1n) is 8.09. The third kappa shape index (κ3) is 3.94. The van der Waals surface area contributed by atoms with Crippen LogP contribution in [0.5, 0.6) is 0 Å². The lowest BCUT2D eigenvalue weighted by atomic mass is 10.0. The van der Waals surface area contributed by atoms with Crippen molar-refractivity contribution in [2.24, 2.45) is 11.5 Å². The zero-order chi connectivity index (χ0) is 17.8. The molecule has 0 bridgehead atoms. The van der Waals surface area contributed by atoms with Crippen LogP contribution in [0.3, 0.4) is 0 Å². The second-order valence-electron chi connectivity index (χ2n) is 6.02. The normalized spacial score (nSPS) is 12.6. The third-order valence-electron chi connectivity index (χ3n) is 4.20. The summed E-state index contributed by atoms with van der Waals surface area (Å²) in [4.78, 5) is 0. The standard InChI is InChI=1S/C21H21N3O/c22-20(13-25)16-6-3-14(4-7-16)1-2-15-5-8-18-12-19(21(23)24)10-9-17(18)11-15/h1-12,20,25H,13,22H2,(H3,23,24)/t20-/m0/s1. The highest BCUT2D eigenvalue weighted by molar-refractivity contribution is 5.99. The lowest BCUT2D eigenvalue weighted by Crippen LogP contribution is -2.14. The molecule has 4 nitrogen and oxygen atoms in total. The van der Waals surface area contributed by atoms with E-state index in [0.29, 0.717) is 0 Å². The van der Waals surface area contributed by atoms with Crippen LogP contribution in [-0.4, -0.2) is 17.5 Å². The van der Waals surface area contributed by atoms with Crippen LogP contribution in [0.15, 0.2) is 60.7 Å². The van der Waals surface area contributed by atoms with Gasteiger partial charge in [-0.2, -0.15) is 0 Å². The van der Waals surface area contributed by atoms with Crippen molar-refractivity contribution in [2.45, 2.75) is 6.04 Å². The van der Waals surface area contributed by atoms with Crippen molar-refractivity contribution in [3.05, 3.63) is 82.9 Å². The molecular weight excluding hydrogens is 310 g/mol. The Kier molecular flexibility index (Phi) is 4.93. The van der Waals surface area contributed by atoms with Crippen LogP contribution in [0.2, 0.25) is 0 Å². The molecule has 3 aromatic carbocycles. The summed E-state index contributed by atoms with van der Waals surface area (Å²) in [6.45, 7) is -0.0579. The molecule has 4 heteroatoms. The molecule has 3 rings (SSSR count). The Morgan fingerprint density at radius 3 is 2.20 bits per heavy atom. The number of hydrogen-bond donors (Lipinski definition) is 4. The number of aliphatic hydroxyl groups excluding tert-OH is 1. The Hall–Kier alpha value is -2.95. The summed E-state index contributed by atoms with van der Waals surface area (Å²) in [7, 11) is 0. The lowest BCUT2D eigenvalue weighted by Gasteiger charge is -2.08. The minimum Gasteiger partial charge on any atom is -0.394 e. The third-order valence-corrected chi connectivity index (χ3v) is 4.20.